The van der Waals surface area contributed by atoms with Gasteiger partial charge in [0.25, 0.3) is 0 Å². The zero-order valence-corrected chi connectivity index (χ0v) is 16.7. The number of hydrogen-bond acceptors (Lipinski definition) is 6. The summed E-state index contributed by atoms with van der Waals surface area (Å²) in [5.41, 5.74) is 1.68. The van der Waals surface area contributed by atoms with Crippen molar-refractivity contribution in [3.05, 3.63) is 82.5 Å². The highest BCUT2D eigenvalue weighted by atomic mass is 19.1. The Morgan fingerprint density at radius 1 is 1.03 bits per heavy atom. The Balaban J connectivity index is 1.55. The molecule has 5 rings (SSSR count). The van der Waals surface area contributed by atoms with Crippen LogP contribution >= 0.6 is 0 Å². The van der Waals surface area contributed by atoms with E-state index in [-0.39, 0.29) is 23.2 Å². The van der Waals surface area contributed by atoms with E-state index in [9.17, 15) is 9.18 Å². The predicted octanol–water partition coefficient (Wildman–Crippen LogP) is 4.95. The lowest BCUT2D eigenvalue weighted by Crippen LogP contribution is -2.02. The van der Waals surface area contributed by atoms with Crippen molar-refractivity contribution >= 4 is 16.6 Å². The summed E-state index contributed by atoms with van der Waals surface area (Å²) in [6.45, 7) is 4.04. The maximum absolute atomic E-state index is 14.2. The van der Waals surface area contributed by atoms with Gasteiger partial charge in [0.2, 0.25) is 5.88 Å². The van der Waals surface area contributed by atoms with Crippen molar-refractivity contribution in [2.45, 2.75) is 19.8 Å². The van der Waals surface area contributed by atoms with E-state index >= 15 is 0 Å². The van der Waals surface area contributed by atoms with Crippen LogP contribution in [0, 0.1) is 5.82 Å². The van der Waals surface area contributed by atoms with Gasteiger partial charge < -0.3 is 9.15 Å². The minimum Gasteiger partial charge on any atom is -0.437 e. The Morgan fingerprint density at radius 2 is 1.87 bits per heavy atom. The molecule has 0 saturated carbocycles. The summed E-state index contributed by atoms with van der Waals surface area (Å²) in [5.74, 6) is 0.726. The lowest BCUT2D eigenvalue weighted by atomic mass is 10.00. The predicted molar refractivity (Wildman–Crippen MR) is 113 cm³/mol. The van der Waals surface area contributed by atoms with E-state index in [1.54, 1.807) is 42.5 Å². The van der Waals surface area contributed by atoms with Gasteiger partial charge in [0.15, 0.2) is 11.5 Å². The third-order valence-corrected chi connectivity index (χ3v) is 4.95. The Kier molecular flexibility index (Phi) is 4.47. The van der Waals surface area contributed by atoms with Gasteiger partial charge in [-0.3, -0.25) is 0 Å². The molecule has 8 heteroatoms. The molecule has 0 aliphatic carbocycles. The molecule has 7 nitrogen and oxygen atoms in total. The van der Waals surface area contributed by atoms with Gasteiger partial charge in [0.1, 0.15) is 17.1 Å². The SMILES string of the molecule is CC(C)c1cc(=O)oc2cc(Oc3ccc4nnc(-c5ccccc5F)n4n3)ccc12. The Bertz CT molecular complexity index is 1490. The van der Waals surface area contributed by atoms with Crippen molar-refractivity contribution in [2.75, 3.05) is 0 Å². The summed E-state index contributed by atoms with van der Waals surface area (Å²) in [6.07, 6.45) is 0. The number of hydrogen-bond donors (Lipinski definition) is 0. The summed E-state index contributed by atoms with van der Waals surface area (Å²) in [5, 5.41) is 13.4. The molecule has 0 aliphatic rings. The first kappa shape index (κ1) is 18.9. The highest BCUT2D eigenvalue weighted by Gasteiger charge is 2.15. The lowest BCUT2D eigenvalue weighted by molar-refractivity contribution is 0.451. The Morgan fingerprint density at radius 3 is 2.68 bits per heavy atom. The first-order chi connectivity index (χ1) is 15.0. The largest absolute Gasteiger partial charge is 0.437 e. The highest BCUT2D eigenvalue weighted by Crippen LogP contribution is 2.29. The standard InChI is InChI=1S/C23H17FN4O3/c1-13(2)17-12-22(29)31-19-11-14(7-8-15(17)19)30-21-10-9-20-25-26-23(28(20)27-21)16-5-3-4-6-18(16)24/h3-13H,1-2H3. The van der Waals surface area contributed by atoms with Crippen LogP contribution in [0.15, 0.2) is 69.9 Å². The van der Waals surface area contributed by atoms with Crippen LogP contribution < -0.4 is 10.4 Å². The molecule has 0 fully saturated rings. The molecular formula is C23H17FN4O3. The average Bonchev–Trinajstić information content (AvgIpc) is 3.16. The number of ether oxygens (including phenoxy) is 1. The van der Waals surface area contributed by atoms with Crippen LogP contribution in [0.5, 0.6) is 11.6 Å². The summed E-state index contributed by atoms with van der Waals surface area (Å²) >= 11 is 0. The smallest absolute Gasteiger partial charge is 0.336 e. The van der Waals surface area contributed by atoms with Crippen LogP contribution in [0.4, 0.5) is 4.39 Å². The molecular weight excluding hydrogens is 399 g/mol. The van der Waals surface area contributed by atoms with E-state index in [0.717, 1.165) is 10.9 Å². The maximum atomic E-state index is 14.2. The summed E-state index contributed by atoms with van der Waals surface area (Å²) in [6, 6.07) is 16.4. The molecule has 0 aliphatic heterocycles. The molecule has 0 atom stereocenters. The van der Waals surface area contributed by atoms with E-state index in [1.165, 1.54) is 16.6 Å². The molecule has 5 aromatic rings. The van der Waals surface area contributed by atoms with Crippen molar-refractivity contribution in [3.63, 3.8) is 0 Å². The fourth-order valence-electron chi connectivity index (χ4n) is 3.47. The van der Waals surface area contributed by atoms with Crippen LogP contribution in [0.2, 0.25) is 0 Å². The first-order valence-corrected chi connectivity index (χ1v) is 9.72. The molecule has 0 spiro atoms. The summed E-state index contributed by atoms with van der Waals surface area (Å²) in [4.78, 5) is 11.9. The second kappa shape index (κ2) is 7.32. The molecule has 2 aromatic carbocycles. The molecule has 0 N–H and O–H groups in total. The van der Waals surface area contributed by atoms with Crippen molar-refractivity contribution < 1.29 is 13.5 Å². The molecule has 0 unspecified atom stereocenters. The summed E-state index contributed by atoms with van der Waals surface area (Å²) < 4.78 is 26.9. The minimum absolute atomic E-state index is 0.174. The fourth-order valence-corrected chi connectivity index (χ4v) is 3.47. The number of benzene rings is 2. The average molecular weight is 416 g/mol. The number of halogens is 1. The van der Waals surface area contributed by atoms with Gasteiger partial charge in [-0.1, -0.05) is 26.0 Å². The van der Waals surface area contributed by atoms with E-state index in [2.05, 4.69) is 15.3 Å². The second-order valence-corrected chi connectivity index (χ2v) is 7.38. The van der Waals surface area contributed by atoms with E-state index in [1.807, 2.05) is 19.9 Å². The number of rotatable bonds is 4. The third-order valence-electron chi connectivity index (χ3n) is 4.95. The van der Waals surface area contributed by atoms with Crippen molar-refractivity contribution in [1.82, 2.24) is 19.8 Å². The normalized spacial score (nSPS) is 11.5. The van der Waals surface area contributed by atoms with Gasteiger partial charge >= 0.3 is 5.63 Å². The van der Waals surface area contributed by atoms with Crippen molar-refractivity contribution in [1.29, 1.82) is 0 Å². The first-order valence-electron chi connectivity index (χ1n) is 9.72. The molecule has 31 heavy (non-hydrogen) atoms. The fraction of sp³-hybridized carbons (Fsp3) is 0.130. The van der Waals surface area contributed by atoms with Crippen LogP contribution in [0.1, 0.15) is 25.3 Å². The van der Waals surface area contributed by atoms with Crippen molar-refractivity contribution in [3.8, 4) is 23.0 Å². The molecule has 0 saturated heterocycles. The van der Waals surface area contributed by atoms with Crippen LogP contribution in [-0.2, 0) is 0 Å². The topological polar surface area (TPSA) is 82.5 Å². The van der Waals surface area contributed by atoms with E-state index in [4.69, 9.17) is 9.15 Å². The number of fused-ring (bicyclic) bond motifs is 2. The molecule has 0 bridgehead atoms. The van der Waals surface area contributed by atoms with Gasteiger partial charge in [-0.05, 0) is 41.8 Å². The van der Waals surface area contributed by atoms with Gasteiger partial charge in [0.05, 0.1) is 5.56 Å². The lowest BCUT2D eigenvalue weighted by Gasteiger charge is -2.10. The number of nitrogens with zero attached hydrogens (tertiary/aromatic N) is 4. The van der Waals surface area contributed by atoms with Gasteiger partial charge in [-0.25, -0.2) is 9.18 Å². The Labute approximate surface area is 175 Å². The second-order valence-electron chi connectivity index (χ2n) is 7.38. The zero-order chi connectivity index (χ0) is 21.5. The summed E-state index contributed by atoms with van der Waals surface area (Å²) in [7, 11) is 0. The van der Waals surface area contributed by atoms with Crippen LogP contribution in [0.25, 0.3) is 28.0 Å². The highest BCUT2D eigenvalue weighted by molar-refractivity contribution is 5.82. The third kappa shape index (κ3) is 3.42. The van der Waals surface area contributed by atoms with Crippen LogP contribution in [-0.4, -0.2) is 19.8 Å². The van der Waals surface area contributed by atoms with Gasteiger partial charge in [0, 0.05) is 23.6 Å². The number of aromatic nitrogens is 4. The molecule has 0 radical (unpaired) electrons. The van der Waals surface area contributed by atoms with E-state index in [0.29, 0.717) is 17.0 Å². The maximum Gasteiger partial charge on any atom is 0.336 e. The molecule has 154 valence electrons. The van der Waals surface area contributed by atoms with Gasteiger partial charge in [-0.2, -0.15) is 4.52 Å². The monoisotopic (exact) mass is 416 g/mol. The van der Waals surface area contributed by atoms with Crippen molar-refractivity contribution in [2.24, 2.45) is 0 Å². The van der Waals surface area contributed by atoms with E-state index < -0.39 is 11.4 Å². The quantitative estimate of drug-likeness (QED) is 0.386. The molecule has 0 amide bonds. The molecule has 3 heterocycles. The molecule has 3 aromatic heterocycles. The van der Waals surface area contributed by atoms with Crippen LogP contribution in [0.3, 0.4) is 0 Å². The van der Waals surface area contributed by atoms with Gasteiger partial charge in [-0.15, -0.1) is 15.3 Å². The zero-order valence-electron chi connectivity index (χ0n) is 16.7. The Hall–Kier alpha value is -4.07. The minimum atomic E-state index is -0.421.